The molecule has 100 valence electrons. The highest BCUT2D eigenvalue weighted by Crippen LogP contribution is 2.29. The minimum Gasteiger partial charge on any atom is -0.304 e. The van der Waals surface area contributed by atoms with Gasteiger partial charge in [-0.25, -0.2) is 4.98 Å². The van der Waals surface area contributed by atoms with E-state index >= 15 is 0 Å². The highest BCUT2D eigenvalue weighted by Gasteiger charge is 2.30. The van der Waals surface area contributed by atoms with Crippen molar-refractivity contribution in [3.05, 3.63) is 45.0 Å². The Morgan fingerprint density at radius 1 is 1.32 bits per heavy atom. The van der Waals surface area contributed by atoms with E-state index in [1.54, 1.807) is 0 Å². The molecule has 0 amide bonds. The van der Waals surface area contributed by atoms with Gasteiger partial charge in [0.05, 0.1) is 11.3 Å². The van der Waals surface area contributed by atoms with Gasteiger partial charge in [-0.1, -0.05) is 11.6 Å². The topological polar surface area (TPSA) is 58.6 Å². The van der Waals surface area contributed by atoms with Crippen molar-refractivity contribution in [3.63, 3.8) is 0 Å². The molecule has 8 heteroatoms. The van der Waals surface area contributed by atoms with Crippen molar-refractivity contribution in [3.8, 4) is 11.5 Å². The Balaban J connectivity index is 2.46. The molecule has 0 saturated heterocycles. The van der Waals surface area contributed by atoms with Gasteiger partial charge in [-0.05, 0) is 19.1 Å². The van der Waals surface area contributed by atoms with Crippen LogP contribution in [0, 0.1) is 6.92 Å². The van der Waals surface area contributed by atoms with Gasteiger partial charge in [-0.3, -0.25) is 9.78 Å². The Morgan fingerprint density at radius 3 is 2.47 bits per heavy atom. The van der Waals surface area contributed by atoms with E-state index in [4.69, 9.17) is 11.6 Å². The summed E-state index contributed by atoms with van der Waals surface area (Å²) in [6, 6.07) is 2.00. The maximum atomic E-state index is 12.4. The molecule has 0 aliphatic carbocycles. The fraction of sp³-hybridized carbons (Fsp3) is 0.182. The minimum absolute atomic E-state index is 0.0596. The van der Waals surface area contributed by atoms with Crippen molar-refractivity contribution in [1.82, 2.24) is 15.0 Å². The first-order valence-corrected chi connectivity index (χ1v) is 5.47. The summed E-state index contributed by atoms with van der Waals surface area (Å²) in [6.45, 7) is 1.52. The number of aromatic nitrogens is 3. The van der Waals surface area contributed by atoms with Crippen LogP contribution in [0.25, 0.3) is 11.5 Å². The second-order valence-corrected chi connectivity index (χ2v) is 4.12. The Kier molecular flexibility index (Phi) is 3.32. The molecule has 0 radical (unpaired) electrons. The monoisotopic (exact) mass is 289 g/mol. The smallest absolute Gasteiger partial charge is 0.304 e. The minimum atomic E-state index is -4.46. The summed E-state index contributed by atoms with van der Waals surface area (Å²) in [5.74, 6) is 0.0700. The van der Waals surface area contributed by atoms with E-state index in [1.165, 1.54) is 6.92 Å². The molecule has 0 aliphatic heterocycles. The number of rotatable bonds is 1. The third-order valence-electron chi connectivity index (χ3n) is 2.36. The van der Waals surface area contributed by atoms with Crippen molar-refractivity contribution >= 4 is 11.6 Å². The predicted molar refractivity (Wildman–Crippen MR) is 62.8 cm³/mol. The first-order valence-electron chi connectivity index (χ1n) is 5.09. The zero-order valence-electron chi connectivity index (χ0n) is 9.55. The second-order valence-electron chi connectivity index (χ2n) is 3.74. The molecule has 0 unspecified atom stereocenters. The standard InChI is InChI=1S/C11H7ClF3N3O/c1-5-8(12)10(19)18-9(17-5)7-3-2-6(4-16-7)11(13,14)15/h2-4H,1H3,(H,17,18,19). The lowest BCUT2D eigenvalue weighted by molar-refractivity contribution is -0.137. The van der Waals surface area contributed by atoms with Crippen LogP contribution in [-0.4, -0.2) is 15.0 Å². The summed E-state index contributed by atoms with van der Waals surface area (Å²) < 4.78 is 37.1. The summed E-state index contributed by atoms with van der Waals surface area (Å²) in [5, 5.41) is -0.0596. The van der Waals surface area contributed by atoms with Crippen LogP contribution < -0.4 is 5.56 Å². The number of aromatic amines is 1. The van der Waals surface area contributed by atoms with Crippen molar-refractivity contribution in [2.24, 2.45) is 0 Å². The van der Waals surface area contributed by atoms with Gasteiger partial charge >= 0.3 is 6.18 Å². The van der Waals surface area contributed by atoms with E-state index in [0.717, 1.165) is 12.1 Å². The quantitative estimate of drug-likeness (QED) is 0.878. The van der Waals surface area contributed by atoms with E-state index in [9.17, 15) is 18.0 Å². The number of aryl methyl sites for hydroxylation is 1. The summed E-state index contributed by atoms with van der Waals surface area (Å²) in [6.07, 6.45) is -3.78. The third kappa shape index (κ3) is 2.76. The Labute approximate surface area is 110 Å². The van der Waals surface area contributed by atoms with Crippen LogP contribution in [0.5, 0.6) is 0 Å². The molecule has 4 nitrogen and oxygen atoms in total. The van der Waals surface area contributed by atoms with Gasteiger partial charge in [0, 0.05) is 6.20 Å². The molecular weight excluding hydrogens is 283 g/mol. The lowest BCUT2D eigenvalue weighted by Gasteiger charge is -2.07. The van der Waals surface area contributed by atoms with Gasteiger partial charge in [-0.15, -0.1) is 0 Å². The first-order chi connectivity index (χ1) is 8.79. The Hall–Kier alpha value is -1.89. The molecule has 2 rings (SSSR count). The molecule has 19 heavy (non-hydrogen) atoms. The van der Waals surface area contributed by atoms with Crippen molar-refractivity contribution in [2.45, 2.75) is 13.1 Å². The molecule has 0 aliphatic rings. The van der Waals surface area contributed by atoms with Crippen LogP contribution in [0.1, 0.15) is 11.3 Å². The highest BCUT2D eigenvalue weighted by atomic mass is 35.5. The molecule has 0 saturated carbocycles. The summed E-state index contributed by atoms with van der Waals surface area (Å²) >= 11 is 5.65. The largest absolute Gasteiger partial charge is 0.417 e. The molecule has 0 fully saturated rings. The predicted octanol–water partition coefficient (Wildman–Crippen LogP) is 2.81. The van der Waals surface area contributed by atoms with Gasteiger partial charge in [0.2, 0.25) is 0 Å². The number of nitrogens with zero attached hydrogens (tertiary/aromatic N) is 2. The SMILES string of the molecule is Cc1nc(-c2ccc(C(F)(F)F)cn2)[nH]c(=O)c1Cl. The lowest BCUT2D eigenvalue weighted by atomic mass is 10.2. The van der Waals surface area contributed by atoms with E-state index in [1.807, 2.05) is 0 Å². The van der Waals surface area contributed by atoms with E-state index in [-0.39, 0.29) is 22.2 Å². The molecule has 0 spiro atoms. The number of nitrogens with one attached hydrogen (secondary N) is 1. The highest BCUT2D eigenvalue weighted by molar-refractivity contribution is 6.30. The van der Waals surface area contributed by atoms with E-state index in [2.05, 4.69) is 15.0 Å². The molecule has 2 aromatic rings. The van der Waals surface area contributed by atoms with Gasteiger partial charge in [0.15, 0.2) is 5.82 Å². The molecule has 2 aromatic heterocycles. The average molecular weight is 290 g/mol. The number of halogens is 4. The third-order valence-corrected chi connectivity index (χ3v) is 2.81. The number of hydrogen-bond acceptors (Lipinski definition) is 3. The van der Waals surface area contributed by atoms with Crippen molar-refractivity contribution in [2.75, 3.05) is 0 Å². The number of hydrogen-bond donors (Lipinski definition) is 1. The summed E-state index contributed by atoms with van der Waals surface area (Å²) in [7, 11) is 0. The van der Waals surface area contributed by atoms with Gasteiger partial charge < -0.3 is 4.98 Å². The second kappa shape index (κ2) is 4.65. The number of H-pyrrole nitrogens is 1. The first kappa shape index (κ1) is 13.5. The van der Waals surface area contributed by atoms with Gasteiger partial charge in [0.1, 0.15) is 10.7 Å². The fourth-order valence-electron chi connectivity index (χ4n) is 1.39. The number of alkyl halides is 3. The van der Waals surface area contributed by atoms with E-state index in [0.29, 0.717) is 6.20 Å². The van der Waals surface area contributed by atoms with Crippen LogP contribution in [0.4, 0.5) is 13.2 Å². The fourth-order valence-corrected chi connectivity index (χ4v) is 1.48. The summed E-state index contributed by atoms with van der Waals surface area (Å²) in [5.41, 5.74) is -1.03. The number of pyridine rings is 1. The van der Waals surface area contributed by atoms with Gasteiger partial charge in [0.25, 0.3) is 5.56 Å². The maximum absolute atomic E-state index is 12.4. The zero-order valence-corrected chi connectivity index (χ0v) is 10.3. The van der Waals surface area contributed by atoms with Crippen molar-refractivity contribution in [1.29, 1.82) is 0 Å². The molecule has 1 N–H and O–H groups in total. The van der Waals surface area contributed by atoms with Crippen LogP contribution in [-0.2, 0) is 6.18 Å². The summed E-state index contributed by atoms with van der Waals surface area (Å²) in [4.78, 5) is 21.4. The normalized spacial score (nSPS) is 11.6. The Bertz CT molecular complexity index is 664. The van der Waals surface area contributed by atoms with E-state index < -0.39 is 17.3 Å². The van der Waals surface area contributed by atoms with Crippen LogP contribution in [0.3, 0.4) is 0 Å². The maximum Gasteiger partial charge on any atom is 0.417 e. The van der Waals surface area contributed by atoms with Gasteiger partial charge in [-0.2, -0.15) is 13.2 Å². The van der Waals surface area contributed by atoms with Crippen LogP contribution >= 0.6 is 11.6 Å². The molecule has 2 heterocycles. The molecule has 0 aromatic carbocycles. The van der Waals surface area contributed by atoms with Crippen LogP contribution in [0.2, 0.25) is 5.02 Å². The molecular formula is C11H7ClF3N3O. The molecule has 0 atom stereocenters. The lowest BCUT2D eigenvalue weighted by Crippen LogP contribution is -2.12. The zero-order chi connectivity index (χ0) is 14.2. The van der Waals surface area contributed by atoms with Crippen molar-refractivity contribution < 1.29 is 13.2 Å². The Morgan fingerprint density at radius 2 is 2.00 bits per heavy atom. The van der Waals surface area contributed by atoms with Crippen LogP contribution in [0.15, 0.2) is 23.1 Å². The average Bonchev–Trinajstić information content (AvgIpc) is 2.34. The molecule has 0 bridgehead atoms.